The Hall–Kier alpha value is -3.55. The molecule has 0 radical (unpaired) electrons. The van der Waals surface area contributed by atoms with Crippen molar-refractivity contribution in [1.29, 1.82) is 0 Å². The van der Waals surface area contributed by atoms with E-state index in [-0.39, 0.29) is 5.91 Å². The number of carbonyl (C=O) groups excluding carboxylic acids is 2. The number of nitrogens with one attached hydrogen (secondary N) is 2. The van der Waals surface area contributed by atoms with E-state index in [9.17, 15) is 9.59 Å². The molecule has 0 saturated carbocycles. The Morgan fingerprint density at radius 3 is 2.42 bits per heavy atom. The molecule has 0 bridgehead atoms. The number of anilines is 1. The first-order chi connectivity index (χ1) is 14.5. The van der Waals surface area contributed by atoms with Crippen molar-refractivity contribution in [1.82, 2.24) is 10.5 Å². The minimum atomic E-state index is -0.761. The van der Waals surface area contributed by atoms with Gasteiger partial charge in [-0.1, -0.05) is 5.16 Å². The molecule has 0 aliphatic rings. The maximum atomic E-state index is 12.4. The van der Waals surface area contributed by atoms with Crippen LogP contribution in [0.1, 0.15) is 39.0 Å². The van der Waals surface area contributed by atoms with Crippen LogP contribution in [0.2, 0.25) is 0 Å². The summed E-state index contributed by atoms with van der Waals surface area (Å²) in [5.41, 5.74) is 2.35. The molecule has 2 amide bonds. The number of fused-ring (bicyclic) bond motifs is 1. The van der Waals surface area contributed by atoms with E-state index in [0.717, 1.165) is 16.6 Å². The summed E-state index contributed by atoms with van der Waals surface area (Å²) in [6.07, 6.45) is -0.646. The summed E-state index contributed by atoms with van der Waals surface area (Å²) in [6, 6.07) is 10.0. The number of ether oxygens (including phenoxy) is 2. The number of rotatable bonds is 5. The summed E-state index contributed by atoms with van der Waals surface area (Å²) < 4.78 is 16.5. The lowest BCUT2D eigenvalue weighted by Gasteiger charge is -2.21. The standard InChI is InChI=1S/C23H27N3O5/c1-13-11-18(20-14(2)26-31-19(20)12-13)29-17-9-7-16(8-10-17)25-21(27)15(3)24-22(28)30-23(4,5)6/h7-12,15H,1-6H3,(H,24,28)(H,25,27)/t15-/m1/s1. The van der Waals surface area contributed by atoms with Crippen LogP contribution in [-0.4, -0.2) is 28.8 Å². The van der Waals surface area contributed by atoms with E-state index < -0.39 is 17.7 Å². The molecule has 2 aromatic carbocycles. The Kier molecular flexibility index (Phi) is 6.19. The first-order valence-electron chi connectivity index (χ1n) is 9.97. The number of amides is 2. The van der Waals surface area contributed by atoms with Gasteiger partial charge >= 0.3 is 6.09 Å². The van der Waals surface area contributed by atoms with E-state index in [4.69, 9.17) is 14.0 Å². The number of nitrogens with zero attached hydrogens (tertiary/aromatic N) is 1. The molecule has 8 heteroatoms. The Morgan fingerprint density at radius 1 is 1.10 bits per heavy atom. The molecule has 0 aliphatic heterocycles. The molecule has 1 aromatic heterocycles. The van der Waals surface area contributed by atoms with Crippen molar-refractivity contribution in [2.75, 3.05) is 5.32 Å². The van der Waals surface area contributed by atoms with Gasteiger partial charge in [-0.25, -0.2) is 4.79 Å². The molecule has 1 heterocycles. The second kappa shape index (κ2) is 8.67. The Balaban J connectivity index is 1.64. The second-order valence-corrected chi connectivity index (χ2v) is 8.39. The van der Waals surface area contributed by atoms with Gasteiger partial charge in [0.2, 0.25) is 5.91 Å². The SMILES string of the molecule is Cc1cc(Oc2ccc(NC(=O)[C@@H](C)NC(=O)OC(C)(C)C)cc2)c2c(C)noc2c1. The molecule has 8 nitrogen and oxygen atoms in total. The highest BCUT2D eigenvalue weighted by Crippen LogP contribution is 2.33. The molecule has 2 N–H and O–H groups in total. The van der Waals surface area contributed by atoms with Gasteiger partial charge < -0.3 is 24.6 Å². The van der Waals surface area contributed by atoms with Gasteiger partial charge in [0.25, 0.3) is 0 Å². The van der Waals surface area contributed by atoms with Gasteiger partial charge in [-0.2, -0.15) is 0 Å². The highest BCUT2D eigenvalue weighted by molar-refractivity contribution is 5.96. The van der Waals surface area contributed by atoms with Crippen LogP contribution in [0, 0.1) is 13.8 Å². The number of carbonyl (C=O) groups is 2. The molecule has 3 aromatic rings. The average Bonchev–Trinajstić information content (AvgIpc) is 3.02. The zero-order valence-electron chi connectivity index (χ0n) is 18.5. The Labute approximate surface area is 180 Å². The summed E-state index contributed by atoms with van der Waals surface area (Å²) in [7, 11) is 0. The van der Waals surface area contributed by atoms with Crippen LogP contribution in [-0.2, 0) is 9.53 Å². The molecule has 31 heavy (non-hydrogen) atoms. The third kappa shape index (κ3) is 5.75. The quantitative estimate of drug-likeness (QED) is 0.590. The predicted octanol–water partition coefficient (Wildman–Crippen LogP) is 5.09. The number of aromatic nitrogens is 1. The van der Waals surface area contributed by atoms with E-state index in [2.05, 4.69) is 15.8 Å². The van der Waals surface area contributed by atoms with E-state index in [1.54, 1.807) is 52.0 Å². The van der Waals surface area contributed by atoms with Crippen LogP contribution in [0.4, 0.5) is 10.5 Å². The van der Waals surface area contributed by atoms with Gasteiger partial charge in [0.1, 0.15) is 23.1 Å². The molecule has 0 unspecified atom stereocenters. The van der Waals surface area contributed by atoms with Gasteiger partial charge in [0, 0.05) is 5.69 Å². The van der Waals surface area contributed by atoms with Crippen LogP contribution >= 0.6 is 0 Å². The zero-order chi connectivity index (χ0) is 22.8. The zero-order valence-corrected chi connectivity index (χ0v) is 18.5. The third-order valence-corrected chi connectivity index (χ3v) is 4.33. The smallest absolute Gasteiger partial charge is 0.408 e. The summed E-state index contributed by atoms with van der Waals surface area (Å²) >= 11 is 0. The van der Waals surface area contributed by atoms with Crippen LogP contribution in [0.25, 0.3) is 11.0 Å². The lowest BCUT2D eigenvalue weighted by atomic mass is 10.1. The Bertz CT molecular complexity index is 1100. The predicted molar refractivity (Wildman–Crippen MR) is 117 cm³/mol. The number of aryl methyl sites for hydroxylation is 2. The molecule has 3 rings (SSSR count). The lowest BCUT2D eigenvalue weighted by molar-refractivity contribution is -0.117. The second-order valence-electron chi connectivity index (χ2n) is 8.39. The first-order valence-corrected chi connectivity index (χ1v) is 9.97. The van der Waals surface area contributed by atoms with Crippen LogP contribution in [0.3, 0.4) is 0 Å². The minimum Gasteiger partial charge on any atom is -0.457 e. The summed E-state index contributed by atoms with van der Waals surface area (Å²) in [4.78, 5) is 24.2. The number of hydrogen-bond acceptors (Lipinski definition) is 6. The Morgan fingerprint density at radius 2 is 1.77 bits per heavy atom. The van der Waals surface area contributed by atoms with Crippen molar-refractivity contribution in [2.24, 2.45) is 0 Å². The molecule has 0 aliphatic carbocycles. The maximum absolute atomic E-state index is 12.4. The molecule has 1 atom stereocenters. The van der Waals surface area contributed by atoms with Crippen LogP contribution in [0.5, 0.6) is 11.5 Å². The van der Waals surface area contributed by atoms with Crippen molar-refractivity contribution in [3.63, 3.8) is 0 Å². The molecule has 164 valence electrons. The maximum Gasteiger partial charge on any atom is 0.408 e. The number of hydrogen-bond donors (Lipinski definition) is 2. The summed E-state index contributed by atoms with van der Waals surface area (Å²) in [6.45, 7) is 10.7. The van der Waals surface area contributed by atoms with Gasteiger partial charge in [0.15, 0.2) is 5.58 Å². The molecule has 0 saturated heterocycles. The number of benzene rings is 2. The summed E-state index contributed by atoms with van der Waals surface area (Å²) in [5.74, 6) is 0.895. The van der Waals surface area contributed by atoms with E-state index in [0.29, 0.717) is 22.8 Å². The molecule has 0 spiro atoms. The normalized spacial score (nSPS) is 12.3. The highest BCUT2D eigenvalue weighted by atomic mass is 16.6. The highest BCUT2D eigenvalue weighted by Gasteiger charge is 2.21. The van der Waals surface area contributed by atoms with Gasteiger partial charge in [0.05, 0.1) is 11.1 Å². The van der Waals surface area contributed by atoms with Gasteiger partial charge in [-0.15, -0.1) is 0 Å². The van der Waals surface area contributed by atoms with Crippen molar-refractivity contribution in [2.45, 2.75) is 53.2 Å². The van der Waals surface area contributed by atoms with E-state index in [1.165, 1.54) is 0 Å². The van der Waals surface area contributed by atoms with Crippen LogP contribution in [0.15, 0.2) is 40.9 Å². The number of alkyl carbamates (subject to hydrolysis) is 1. The van der Waals surface area contributed by atoms with Gasteiger partial charge in [-0.3, -0.25) is 4.79 Å². The van der Waals surface area contributed by atoms with Crippen molar-refractivity contribution in [3.8, 4) is 11.5 Å². The van der Waals surface area contributed by atoms with E-state index in [1.807, 2.05) is 26.0 Å². The van der Waals surface area contributed by atoms with Gasteiger partial charge in [-0.05, 0) is 83.5 Å². The minimum absolute atomic E-state index is 0.361. The molecular weight excluding hydrogens is 398 g/mol. The lowest BCUT2D eigenvalue weighted by Crippen LogP contribution is -2.43. The van der Waals surface area contributed by atoms with Crippen LogP contribution < -0.4 is 15.4 Å². The van der Waals surface area contributed by atoms with Crippen molar-refractivity contribution < 1.29 is 23.6 Å². The fraction of sp³-hybridized carbons (Fsp3) is 0.348. The fourth-order valence-corrected chi connectivity index (χ4v) is 2.93. The largest absolute Gasteiger partial charge is 0.457 e. The van der Waals surface area contributed by atoms with E-state index >= 15 is 0 Å². The monoisotopic (exact) mass is 425 g/mol. The van der Waals surface area contributed by atoms with Crippen molar-refractivity contribution >= 4 is 28.7 Å². The third-order valence-electron chi connectivity index (χ3n) is 4.33. The molecular formula is C23H27N3O5. The average molecular weight is 425 g/mol. The summed E-state index contributed by atoms with van der Waals surface area (Å²) in [5, 5.41) is 10.1. The fourth-order valence-electron chi connectivity index (χ4n) is 2.93. The first kappa shape index (κ1) is 22.1. The molecule has 0 fully saturated rings. The topological polar surface area (TPSA) is 103 Å². The van der Waals surface area contributed by atoms with Crippen molar-refractivity contribution in [3.05, 3.63) is 47.7 Å².